The molecule has 0 spiro atoms. The first kappa shape index (κ1) is 10.1. The van der Waals surface area contributed by atoms with Gasteiger partial charge in [0.1, 0.15) is 5.82 Å². The summed E-state index contributed by atoms with van der Waals surface area (Å²) in [4.78, 5) is 0. The molecule has 1 aromatic rings. The molecule has 5 nitrogen and oxygen atoms in total. The highest BCUT2D eigenvalue weighted by molar-refractivity contribution is 5.74. The van der Waals surface area contributed by atoms with E-state index in [0.717, 1.165) is 41.7 Å². The third-order valence-electron chi connectivity index (χ3n) is 3.05. The number of benzene rings is 1. The number of nitrogens with one attached hydrogen (secondary N) is 3. The highest BCUT2D eigenvalue weighted by atomic mass is 16.5. The summed E-state index contributed by atoms with van der Waals surface area (Å²) in [6, 6.07) is 3.87. The Morgan fingerprint density at radius 2 is 1.94 bits per heavy atom. The average molecular weight is 232 g/mol. The summed E-state index contributed by atoms with van der Waals surface area (Å²) in [5.41, 5.74) is 8.74. The second-order valence-corrected chi connectivity index (χ2v) is 4.28. The fraction of sp³-hybridized carbons (Fsp3) is 0.333. The molecule has 0 radical (unpaired) electrons. The van der Waals surface area contributed by atoms with Crippen LogP contribution in [0.15, 0.2) is 23.7 Å². The molecule has 1 saturated heterocycles. The number of aryl methyl sites for hydroxylation is 1. The van der Waals surface area contributed by atoms with E-state index in [1.165, 1.54) is 0 Å². The molecule has 1 aromatic carbocycles. The molecule has 0 amide bonds. The van der Waals surface area contributed by atoms with Crippen molar-refractivity contribution in [2.45, 2.75) is 6.92 Å². The zero-order valence-corrected chi connectivity index (χ0v) is 9.76. The van der Waals surface area contributed by atoms with Crippen LogP contribution in [0.4, 0.5) is 11.4 Å². The Bertz CT molecular complexity index is 488. The molecule has 5 heteroatoms. The molecule has 5 N–H and O–H groups in total. The summed E-state index contributed by atoms with van der Waals surface area (Å²) in [6.45, 7) is 4.57. The summed E-state index contributed by atoms with van der Waals surface area (Å²) in [5, 5.41) is 9.86. The maximum Gasteiger partial charge on any atom is 0.173 e. The van der Waals surface area contributed by atoms with Crippen molar-refractivity contribution in [1.29, 1.82) is 0 Å². The summed E-state index contributed by atoms with van der Waals surface area (Å²) >= 11 is 0. The van der Waals surface area contributed by atoms with Gasteiger partial charge in [0.05, 0.1) is 17.9 Å². The van der Waals surface area contributed by atoms with Gasteiger partial charge in [-0.15, -0.1) is 0 Å². The van der Waals surface area contributed by atoms with Crippen molar-refractivity contribution in [3.8, 4) is 5.75 Å². The van der Waals surface area contributed by atoms with Crippen molar-refractivity contribution >= 4 is 11.4 Å². The lowest BCUT2D eigenvalue weighted by Crippen LogP contribution is -2.25. The molecule has 0 aromatic heterocycles. The number of rotatable bonds is 0. The number of fused-ring (bicyclic) bond motifs is 1. The van der Waals surface area contributed by atoms with E-state index in [0.29, 0.717) is 12.2 Å². The Labute approximate surface area is 100 Å². The fourth-order valence-corrected chi connectivity index (χ4v) is 2.13. The van der Waals surface area contributed by atoms with E-state index < -0.39 is 0 Å². The molecule has 0 bridgehead atoms. The molecule has 90 valence electrons. The molecule has 2 heterocycles. The average Bonchev–Trinajstić information content (AvgIpc) is 2.87. The van der Waals surface area contributed by atoms with Gasteiger partial charge in [-0.05, 0) is 18.6 Å². The molecule has 1 fully saturated rings. The van der Waals surface area contributed by atoms with Crippen LogP contribution in [-0.2, 0) is 0 Å². The van der Waals surface area contributed by atoms with E-state index in [9.17, 15) is 0 Å². The lowest BCUT2D eigenvalue weighted by atomic mass is 10.1. The second kappa shape index (κ2) is 3.76. The highest BCUT2D eigenvalue weighted by Gasteiger charge is 2.22. The van der Waals surface area contributed by atoms with E-state index in [1.54, 1.807) is 0 Å². The number of nitrogens with two attached hydrogens (primary N) is 1. The van der Waals surface area contributed by atoms with Gasteiger partial charge in [-0.25, -0.2) is 0 Å². The predicted octanol–water partition coefficient (Wildman–Crippen LogP) is 0.743. The van der Waals surface area contributed by atoms with Crippen molar-refractivity contribution < 1.29 is 4.74 Å². The van der Waals surface area contributed by atoms with Crippen molar-refractivity contribution in [3.63, 3.8) is 0 Å². The minimum absolute atomic E-state index is 0.661. The van der Waals surface area contributed by atoms with Crippen LogP contribution in [0.5, 0.6) is 5.75 Å². The first-order chi connectivity index (χ1) is 8.25. The van der Waals surface area contributed by atoms with Gasteiger partial charge in [-0.1, -0.05) is 6.07 Å². The molecule has 0 atom stereocenters. The Balaban J connectivity index is 2.00. The predicted molar refractivity (Wildman–Crippen MR) is 67.7 cm³/mol. The summed E-state index contributed by atoms with van der Waals surface area (Å²) in [6.07, 6.45) is 0. The van der Waals surface area contributed by atoms with E-state index in [4.69, 9.17) is 10.5 Å². The third-order valence-corrected chi connectivity index (χ3v) is 3.05. The molecule has 0 aliphatic carbocycles. The van der Waals surface area contributed by atoms with E-state index in [-0.39, 0.29) is 0 Å². The molecule has 3 rings (SSSR count). The van der Waals surface area contributed by atoms with Gasteiger partial charge in [-0.2, -0.15) is 0 Å². The number of ether oxygens (including phenoxy) is 1. The molecular weight excluding hydrogens is 216 g/mol. The normalized spacial score (nSPS) is 17.7. The molecule has 0 unspecified atom stereocenters. The Kier molecular flexibility index (Phi) is 2.24. The van der Waals surface area contributed by atoms with Crippen molar-refractivity contribution in [2.75, 3.05) is 30.7 Å². The van der Waals surface area contributed by atoms with Crippen molar-refractivity contribution in [2.24, 2.45) is 0 Å². The van der Waals surface area contributed by atoms with Gasteiger partial charge in [0.15, 0.2) is 11.5 Å². The Hall–Kier alpha value is -2.04. The van der Waals surface area contributed by atoms with Crippen LogP contribution in [0.3, 0.4) is 0 Å². The molecule has 17 heavy (non-hydrogen) atoms. The van der Waals surface area contributed by atoms with Crippen molar-refractivity contribution in [3.05, 3.63) is 29.3 Å². The number of hydrogen-bond donors (Lipinski definition) is 4. The van der Waals surface area contributed by atoms with Crippen molar-refractivity contribution in [1.82, 2.24) is 10.6 Å². The summed E-state index contributed by atoms with van der Waals surface area (Å²) < 4.78 is 5.89. The van der Waals surface area contributed by atoms with E-state index >= 15 is 0 Å². The first-order valence-corrected chi connectivity index (χ1v) is 5.77. The smallest absolute Gasteiger partial charge is 0.173 e. The monoisotopic (exact) mass is 232 g/mol. The lowest BCUT2D eigenvalue weighted by Gasteiger charge is -2.25. The standard InChI is InChI=1S/C12H16N4O/c1-7-2-3-8(13)11-10(7)16-6-9(17-11)12-14-4-5-15-12/h2-3,14-16H,4-6,13H2,1H3. The van der Waals surface area contributed by atoms with Crippen LogP contribution >= 0.6 is 0 Å². The fourth-order valence-electron chi connectivity index (χ4n) is 2.13. The quantitative estimate of drug-likeness (QED) is 0.497. The minimum Gasteiger partial charge on any atom is -0.452 e. The van der Waals surface area contributed by atoms with Gasteiger partial charge >= 0.3 is 0 Å². The van der Waals surface area contributed by atoms with E-state index in [1.807, 2.05) is 19.1 Å². The van der Waals surface area contributed by atoms with Crippen LogP contribution in [0.25, 0.3) is 0 Å². The maximum absolute atomic E-state index is 5.94. The summed E-state index contributed by atoms with van der Waals surface area (Å²) in [5.74, 6) is 2.56. The highest BCUT2D eigenvalue weighted by Crippen LogP contribution is 2.38. The Morgan fingerprint density at radius 1 is 1.18 bits per heavy atom. The lowest BCUT2D eigenvalue weighted by molar-refractivity contribution is 0.400. The first-order valence-electron chi connectivity index (χ1n) is 5.77. The SMILES string of the molecule is Cc1ccc(N)c2c1NCC(=C1NCCN1)O2. The van der Waals surface area contributed by atoms with Crippen LogP contribution in [0.1, 0.15) is 5.56 Å². The summed E-state index contributed by atoms with van der Waals surface area (Å²) in [7, 11) is 0. The number of anilines is 2. The van der Waals surface area contributed by atoms with Crippen LogP contribution in [0, 0.1) is 6.92 Å². The minimum atomic E-state index is 0.661. The van der Waals surface area contributed by atoms with E-state index in [2.05, 4.69) is 16.0 Å². The number of nitrogen functional groups attached to an aromatic ring is 1. The zero-order chi connectivity index (χ0) is 11.8. The van der Waals surface area contributed by atoms with Gasteiger partial charge in [0.2, 0.25) is 0 Å². The topological polar surface area (TPSA) is 71.3 Å². The van der Waals surface area contributed by atoms with Gasteiger partial charge in [0.25, 0.3) is 0 Å². The molecular formula is C12H16N4O. The van der Waals surface area contributed by atoms with Crippen LogP contribution < -0.4 is 26.4 Å². The second-order valence-electron chi connectivity index (χ2n) is 4.28. The maximum atomic E-state index is 5.94. The number of hydrogen-bond acceptors (Lipinski definition) is 5. The largest absolute Gasteiger partial charge is 0.452 e. The van der Waals surface area contributed by atoms with Gasteiger partial charge in [0, 0.05) is 13.1 Å². The molecule has 0 saturated carbocycles. The van der Waals surface area contributed by atoms with Crippen LogP contribution in [-0.4, -0.2) is 19.6 Å². The third kappa shape index (κ3) is 1.63. The molecule has 2 aliphatic heterocycles. The van der Waals surface area contributed by atoms with Gasteiger partial charge in [-0.3, -0.25) is 0 Å². The van der Waals surface area contributed by atoms with Crippen LogP contribution in [0.2, 0.25) is 0 Å². The molecule has 2 aliphatic rings. The van der Waals surface area contributed by atoms with Gasteiger partial charge < -0.3 is 26.4 Å². The zero-order valence-electron chi connectivity index (χ0n) is 9.76. The Morgan fingerprint density at radius 3 is 2.71 bits per heavy atom.